The molecule has 0 bridgehead atoms. The van der Waals surface area contributed by atoms with Gasteiger partial charge in [-0.25, -0.2) is 0 Å². The summed E-state index contributed by atoms with van der Waals surface area (Å²) >= 11 is 1.59. The molecule has 1 N–H and O–H groups in total. The summed E-state index contributed by atoms with van der Waals surface area (Å²) in [6, 6.07) is 0. The summed E-state index contributed by atoms with van der Waals surface area (Å²) in [4.78, 5) is 17.2. The Kier molecular flexibility index (Phi) is 2.56. The van der Waals surface area contributed by atoms with Gasteiger partial charge in [0.25, 0.3) is 0 Å². The van der Waals surface area contributed by atoms with E-state index < -0.39 is 0 Å². The van der Waals surface area contributed by atoms with Crippen LogP contribution in [0, 0.1) is 11.3 Å². The van der Waals surface area contributed by atoms with Crippen molar-refractivity contribution in [1.82, 2.24) is 10.3 Å². The Morgan fingerprint density at radius 3 is 3.06 bits per heavy atom. The molecule has 16 heavy (non-hydrogen) atoms. The SMILES string of the molecule is O=C(Cc1cncs1)C1CC12CCNCC2. The van der Waals surface area contributed by atoms with Gasteiger partial charge < -0.3 is 5.32 Å². The zero-order chi connectivity index (χ0) is 11.0. The van der Waals surface area contributed by atoms with Crippen LogP contribution in [0.2, 0.25) is 0 Å². The van der Waals surface area contributed by atoms with E-state index in [4.69, 9.17) is 0 Å². The molecule has 1 saturated heterocycles. The fourth-order valence-corrected chi connectivity index (χ4v) is 3.51. The van der Waals surface area contributed by atoms with Crippen molar-refractivity contribution in [2.24, 2.45) is 11.3 Å². The molecule has 2 fully saturated rings. The number of nitrogens with zero attached hydrogens (tertiary/aromatic N) is 1. The summed E-state index contributed by atoms with van der Waals surface area (Å²) < 4.78 is 0. The van der Waals surface area contributed by atoms with E-state index in [9.17, 15) is 4.79 Å². The topological polar surface area (TPSA) is 42.0 Å². The van der Waals surface area contributed by atoms with Crippen LogP contribution in [0.1, 0.15) is 24.1 Å². The molecule has 1 aromatic rings. The van der Waals surface area contributed by atoms with Crippen LogP contribution in [0.3, 0.4) is 0 Å². The van der Waals surface area contributed by atoms with Gasteiger partial charge in [-0.1, -0.05) is 0 Å². The predicted octanol–water partition coefficient (Wildman–Crippen LogP) is 1.64. The number of ketones is 1. The standard InChI is InChI=1S/C12H16N2OS/c15-11(5-9-7-14-8-16-9)10-6-12(10)1-3-13-4-2-12/h7-8,10,13H,1-6H2. The molecule has 86 valence electrons. The molecule has 1 unspecified atom stereocenters. The van der Waals surface area contributed by atoms with Gasteiger partial charge in [0, 0.05) is 23.4 Å². The number of nitrogens with one attached hydrogen (secondary N) is 1. The summed E-state index contributed by atoms with van der Waals surface area (Å²) in [5, 5.41) is 3.37. The molecule has 0 aromatic carbocycles. The monoisotopic (exact) mass is 236 g/mol. The van der Waals surface area contributed by atoms with Gasteiger partial charge >= 0.3 is 0 Å². The first-order chi connectivity index (χ1) is 7.80. The maximum Gasteiger partial charge on any atom is 0.141 e. The number of aromatic nitrogens is 1. The van der Waals surface area contributed by atoms with E-state index in [0.717, 1.165) is 24.4 Å². The molecule has 2 aliphatic rings. The van der Waals surface area contributed by atoms with Crippen LogP contribution >= 0.6 is 11.3 Å². The summed E-state index contributed by atoms with van der Waals surface area (Å²) in [5.74, 6) is 0.780. The van der Waals surface area contributed by atoms with Crippen LogP contribution < -0.4 is 5.32 Å². The van der Waals surface area contributed by atoms with Crippen molar-refractivity contribution in [2.45, 2.75) is 25.7 Å². The number of thiazole rings is 1. The van der Waals surface area contributed by atoms with Crippen LogP contribution in [0.4, 0.5) is 0 Å². The molecule has 1 saturated carbocycles. The molecule has 1 aromatic heterocycles. The van der Waals surface area contributed by atoms with E-state index >= 15 is 0 Å². The lowest BCUT2D eigenvalue weighted by molar-refractivity contribution is -0.120. The maximum atomic E-state index is 12.1. The maximum absolute atomic E-state index is 12.1. The molecule has 1 spiro atoms. The molecule has 0 amide bonds. The molecular weight excluding hydrogens is 220 g/mol. The lowest BCUT2D eigenvalue weighted by Crippen LogP contribution is -2.30. The van der Waals surface area contributed by atoms with E-state index in [0.29, 0.717) is 23.5 Å². The predicted molar refractivity (Wildman–Crippen MR) is 63.5 cm³/mol. The van der Waals surface area contributed by atoms with Crippen LogP contribution in [0.15, 0.2) is 11.7 Å². The molecule has 1 aliphatic carbocycles. The van der Waals surface area contributed by atoms with Crippen molar-refractivity contribution in [1.29, 1.82) is 0 Å². The summed E-state index contributed by atoms with van der Waals surface area (Å²) in [6.07, 6.45) is 5.93. The van der Waals surface area contributed by atoms with Gasteiger partial charge in [0.1, 0.15) is 5.78 Å². The minimum atomic E-state index is 0.344. The molecular formula is C12H16N2OS. The number of carbonyl (C=O) groups is 1. The summed E-state index contributed by atoms with van der Waals surface area (Å²) in [7, 11) is 0. The zero-order valence-electron chi connectivity index (χ0n) is 9.24. The first-order valence-electron chi connectivity index (χ1n) is 5.91. The number of rotatable bonds is 3. The largest absolute Gasteiger partial charge is 0.317 e. The highest BCUT2D eigenvalue weighted by molar-refractivity contribution is 7.09. The van der Waals surface area contributed by atoms with Crippen molar-refractivity contribution in [3.63, 3.8) is 0 Å². The van der Waals surface area contributed by atoms with Gasteiger partial charge in [0.2, 0.25) is 0 Å². The van der Waals surface area contributed by atoms with E-state index in [-0.39, 0.29) is 0 Å². The van der Waals surface area contributed by atoms with Crippen molar-refractivity contribution in [2.75, 3.05) is 13.1 Å². The number of hydrogen-bond donors (Lipinski definition) is 1. The van der Waals surface area contributed by atoms with Crippen molar-refractivity contribution in [3.05, 3.63) is 16.6 Å². The van der Waals surface area contributed by atoms with Crippen LogP contribution in [0.5, 0.6) is 0 Å². The summed E-state index contributed by atoms with van der Waals surface area (Å²) in [6.45, 7) is 2.18. The average Bonchev–Trinajstić information content (AvgIpc) is 2.76. The normalized spacial score (nSPS) is 26.9. The van der Waals surface area contributed by atoms with E-state index in [1.807, 2.05) is 6.20 Å². The number of piperidine rings is 1. The average molecular weight is 236 g/mol. The third kappa shape index (κ3) is 1.80. The first-order valence-corrected chi connectivity index (χ1v) is 6.79. The second-order valence-electron chi connectivity index (χ2n) is 4.98. The Bertz CT molecular complexity index is 382. The minimum absolute atomic E-state index is 0.344. The quantitative estimate of drug-likeness (QED) is 0.867. The van der Waals surface area contributed by atoms with Gasteiger partial charge in [-0.05, 0) is 37.8 Å². The Hall–Kier alpha value is -0.740. The molecule has 1 atom stereocenters. The summed E-state index contributed by atoms with van der Waals surface area (Å²) in [5.41, 5.74) is 2.18. The van der Waals surface area contributed by atoms with E-state index in [1.165, 1.54) is 12.8 Å². The van der Waals surface area contributed by atoms with Gasteiger partial charge in [-0.15, -0.1) is 11.3 Å². The Morgan fingerprint density at radius 2 is 2.38 bits per heavy atom. The Labute approximate surface area is 99.3 Å². The molecule has 3 nitrogen and oxygen atoms in total. The highest BCUT2D eigenvalue weighted by Crippen LogP contribution is 2.59. The third-order valence-electron chi connectivity index (χ3n) is 4.01. The second-order valence-corrected chi connectivity index (χ2v) is 5.95. The molecule has 1 aliphatic heterocycles. The van der Waals surface area contributed by atoms with Crippen LogP contribution in [0.25, 0.3) is 0 Å². The van der Waals surface area contributed by atoms with Gasteiger partial charge in [0.15, 0.2) is 0 Å². The highest BCUT2D eigenvalue weighted by atomic mass is 32.1. The third-order valence-corrected chi connectivity index (χ3v) is 4.79. The molecule has 2 heterocycles. The number of hydrogen-bond acceptors (Lipinski definition) is 4. The minimum Gasteiger partial charge on any atom is -0.317 e. The fraction of sp³-hybridized carbons (Fsp3) is 0.667. The lowest BCUT2D eigenvalue weighted by atomic mass is 9.90. The highest BCUT2D eigenvalue weighted by Gasteiger charge is 2.56. The van der Waals surface area contributed by atoms with Gasteiger partial charge in [-0.3, -0.25) is 9.78 Å². The van der Waals surface area contributed by atoms with Crippen molar-refractivity contribution >= 4 is 17.1 Å². The molecule has 3 rings (SSSR count). The number of Topliss-reactive ketones (excluding diaryl/α,β-unsaturated/α-hetero) is 1. The first kappa shape index (κ1) is 10.4. The lowest BCUT2D eigenvalue weighted by Gasteiger charge is -2.23. The number of carbonyl (C=O) groups excluding carboxylic acids is 1. The fourth-order valence-electron chi connectivity index (χ4n) is 2.90. The molecule has 0 radical (unpaired) electrons. The smallest absolute Gasteiger partial charge is 0.141 e. The van der Waals surface area contributed by atoms with Crippen molar-refractivity contribution in [3.8, 4) is 0 Å². The van der Waals surface area contributed by atoms with E-state index in [2.05, 4.69) is 10.3 Å². The Balaban J connectivity index is 1.61. The van der Waals surface area contributed by atoms with Crippen LogP contribution in [-0.2, 0) is 11.2 Å². The van der Waals surface area contributed by atoms with E-state index in [1.54, 1.807) is 16.8 Å². The Morgan fingerprint density at radius 1 is 1.56 bits per heavy atom. The van der Waals surface area contributed by atoms with Gasteiger partial charge in [-0.2, -0.15) is 0 Å². The second kappa shape index (κ2) is 3.93. The van der Waals surface area contributed by atoms with Gasteiger partial charge in [0.05, 0.1) is 5.51 Å². The zero-order valence-corrected chi connectivity index (χ0v) is 10.1. The van der Waals surface area contributed by atoms with Crippen molar-refractivity contribution < 1.29 is 4.79 Å². The van der Waals surface area contributed by atoms with Crippen LogP contribution in [-0.4, -0.2) is 23.9 Å². The molecule has 4 heteroatoms.